The Morgan fingerprint density at radius 2 is 2.03 bits per heavy atom. The normalized spacial score (nSPS) is 16.1. The summed E-state index contributed by atoms with van der Waals surface area (Å²) in [5, 5.41) is 10.9. The third-order valence-electron chi connectivity index (χ3n) is 4.70. The number of nitrogens with zero attached hydrogens (tertiary/aromatic N) is 2. The summed E-state index contributed by atoms with van der Waals surface area (Å²) in [5.74, 6) is 0.978. The van der Waals surface area contributed by atoms with E-state index in [0.717, 1.165) is 11.6 Å². The lowest BCUT2D eigenvalue weighted by Gasteiger charge is -2.32. The van der Waals surface area contributed by atoms with Gasteiger partial charge in [-0.05, 0) is 44.8 Å². The number of nitrogens with one attached hydrogen (secondary N) is 1. The van der Waals surface area contributed by atoms with Crippen LogP contribution >= 0.6 is 11.6 Å². The molecule has 2 aromatic carbocycles. The Bertz CT molecular complexity index is 1060. The second kappa shape index (κ2) is 8.05. The highest BCUT2D eigenvalue weighted by atomic mass is 35.5. The van der Waals surface area contributed by atoms with Gasteiger partial charge in [0.2, 0.25) is 0 Å². The Balaban J connectivity index is 2.00. The van der Waals surface area contributed by atoms with E-state index < -0.39 is 20.6 Å². The minimum atomic E-state index is -4.11. The molecule has 1 aliphatic heterocycles. The number of hydrogen-bond acceptors (Lipinski definition) is 7. The Morgan fingerprint density at radius 3 is 2.66 bits per heavy atom. The van der Waals surface area contributed by atoms with Gasteiger partial charge in [0.25, 0.3) is 15.7 Å². The molecule has 0 bridgehead atoms. The van der Waals surface area contributed by atoms with E-state index in [1.807, 2.05) is 19.0 Å². The van der Waals surface area contributed by atoms with Gasteiger partial charge in [-0.15, -0.1) is 0 Å². The molecule has 29 heavy (non-hydrogen) atoms. The van der Waals surface area contributed by atoms with Gasteiger partial charge < -0.3 is 14.4 Å². The fourth-order valence-corrected chi connectivity index (χ4v) is 4.32. The van der Waals surface area contributed by atoms with Crippen molar-refractivity contribution in [1.29, 1.82) is 0 Å². The molecule has 0 saturated carbocycles. The molecule has 11 heteroatoms. The van der Waals surface area contributed by atoms with Gasteiger partial charge in [-0.25, -0.2) is 8.42 Å². The standard InChI is InChI=1S/C18H20ClN3O6S/c1-21(2)11-8-13-17(27-3)7-6-15(18(13)28-10-11)20-29(25,26)12-4-5-14(19)16(9-12)22(23)24/h4-7,9,11,20H,8,10H2,1-3H3/t11-/m1/s1. The minimum absolute atomic E-state index is 0.113. The number of benzene rings is 2. The summed E-state index contributed by atoms with van der Waals surface area (Å²) in [6.45, 7) is 0.383. The number of nitro groups is 1. The molecule has 0 amide bonds. The van der Waals surface area contributed by atoms with Crippen molar-refractivity contribution in [2.45, 2.75) is 17.4 Å². The molecule has 0 saturated heterocycles. The van der Waals surface area contributed by atoms with Crippen molar-refractivity contribution >= 4 is 33.0 Å². The first-order valence-corrected chi connectivity index (χ1v) is 10.5. The van der Waals surface area contributed by atoms with Crippen molar-refractivity contribution in [2.75, 3.05) is 32.5 Å². The van der Waals surface area contributed by atoms with Crippen LogP contribution in [0.25, 0.3) is 0 Å². The average Bonchev–Trinajstić information content (AvgIpc) is 2.67. The Hall–Kier alpha value is -2.56. The molecule has 1 aliphatic rings. The smallest absolute Gasteiger partial charge is 0.289 e. The number of anilines is 1. The van der Waals surface area contributed by atoms with Crippen LogP contribution in [-0.2, 0) is 16.4 Å². The van der Waals surface area contributed by atoms with Crippen LogP contribution in [0.1, 0.15) is 5.56 Å². The van der Waals surface area contributed by atoms with E-state index in [1.54, 1.807) is 6.07 Å². The summed E-state index contributed by atoms with van der Waals surface area (Å²) in [5.41, 5.74) is 0.492. The Morgan fingerprint density at radius 1 is 1.31 bits per heavy atom. The maximum absolute atomic E-state index is 12.8. The second-order valence-electron chi connectivity index (χ2n) is 6.73. The molecule has 2 aromatic rings. The first-order chi connectivity index (χ1) is 13.6. The monoisotopic (exact) mass is 441 g/mol. The quantitative estimate of drug-likeness (QED) is 0.541. The van der Waals surface area contributed by atoms with Crippen molar-refractivity contribution in [3.63, 3.8) is 0 Å². The molecule has 9 nitrogen and oxygen atoms in total. The third kappa shape index (κ3) is 4.24. The van der Waals surface area contributed by atoms with Gasteiger partial charge in [0.15, 0.2) is 0 Å². The summed E-state index contributed by atoms with van der Waals surface area (Å²) in [6, 6.07) is 6.61. The fourth-order valence-electron chi connectivity index (χ4n) is 3.05. The van der Waals surface area contributed by atoms with Gasteiger partial charge in [0.05, 0.1) is 22.6 Å². The van der Waals surface area contributed by atoms with Crippen LogP contribution in [0.4, 0.5) is 11.4 Å². The summed E-state index contributed by atoms with van der Waals surface area (Å²) < 4.78 is 39.4. The molecule has 0 spiro atoms. The maximum atomic E-state index is 12.8. The van der Waals surface area contributed by atoms with Crippen molar-refractivity contribution in [2.24, 2.45) is 0 Å². The van der Waals surface area contributed by atoms with Crippen LogP contribution in [-0.4, -0.2) is 52.1 Å². The van der Waals surface area contributed by atoms with E-state index >= 15 is 0 Å². The number of rotatable bonds is 6. The Kier molecular flexibility index (Phi) is 5.87. The van der Waals surface area contributed by atoms with Gasteiger partial charge in [-0.2, -0.15) is 0 Å². The van der Waals surface area contributed by atoms with Crippen molar-refractivity contribution in [1.82, 2.24) is 4.90 Å². The van der Waals surface area contributed by atoms with Crippen LogP contribution < -0.4 is 14.2 Å². The number of hydrogen-bond donors (Lipinski definition) is 1. The number of methoxy groups -OCH3 is 1. The highest BCUT2D eigenvalue weighted by Crippen LogP contribution is 2.41. The molecule has 0 unspecified atom stereocenters. The average molecular weight is 442 g/mol. The van der Waals surface area contributed by atoms with Crippen LogP contribution in [0, 0.1) is 10.1 Å². The van der Waals surface area contributed by atoms with Gasteiger partial charge in [0, 0.05) is 17.7 Å². The number of likely N-dealkylation sites (N-methyl/N-ethyl adjacent to an activating group) is 1. The third-order valence-corrected chi connectivity index (χ3v) is 6.38. The topological polar surface area (TPSA) is 111 Å². The van der Waals surface area contributed by atoms with Gasteiger partial charge in [-0.1, -0.05) is 11.6 Å². The number of fused-ring (bicyclic) bond motifs is 1. The highest BCUT2D eigenvalue weighted by Gasteiger charge is 2.29. The van der Waals surface area contributed by atoms with Crippen molar-refractivity contribution in [3.8, 4) is 11.5 Å². The van der Waals surface area contributed by atoms with Crippen molar-refractivity contribution in [3.05, 3.63) is 51.0 Å². The molecule has 156 valence electrons. The lowest BCUT2D eigenvalue weighted by molar-refractivity contribution is -0.384. The van der Waals surface area contributed by atoms with E-state index in [9.17, 15) is 18.5 Å². The zero-order valence-electron chi connectivity index (χ0n) is 16.0. The molecule has 0 radical (unpaired) electrons. The van der Waals surface area contributed by atoms with E-state index in [2.05, 4.69) is 4.72 Å². The minimum Gasteiger partial charge on any atom is -0.496 e. The van der Waals surface area contributed by atoms with Gasteiger partial charge in [-0.3, -0.25) is 14.8 Å². The molecule has 0 fully saturated rings. The van der Waals surface area contributed by atoms with Gasteiger partial charge in [0.1, 0.15) is 23.1 Å². The van der Waals surface area contributed by atoms with Crippen LogP contribution in [0.5, 0.6) is 11.5 Å². The highest BCUT2D eigenvalue weighted by molar-refractivity contribution is 7.92. The maximum Gasteiger partial charge on any atom is 0.289 e. The van der Waals surface area contributed by atoms with E-state index in [-0.39, 0.29) is 21.6 Å². The van der Waals surface area contributed by atoms with Crippen LogP contribution in [0.3, 0.4) is 0 Å². The fraction of sp³-hybridized carbons (Fsp3) is 0.333. The Labute approximate surface area is 173 Å². The largest absolute Gasteiger partial charge is 0.496 e. The molecule has 3 rings (SSSR count). The number of ether oxygens (including phenoxy) is 2. The predicted molar refractivity (Wildman–Crippen MR) is 109 cm³/mol. The SMILES string of the molecule is COc1ccc(NS(=O)(=O)c2ccc(Cl)c([N+](=O)[O-])c2)c2c1C[C@@H](N(C)C)CO2. The number of halogens is 1. The first kappa shape index (κ1) is 21.2. The summed E-state index contributed by atoms with van der Waals surface area (Å²) in [7, 11) is 1.29. The zero-order chi connectivity index (χ0) is 21.3. The number of sulfonamides is 1. The van der Waals surface area contributed by atoms with Crippen LogP contribution in [0.2, 0.25) is 5.02 Å². The van der Waals surface area contributed by atoms with Gasteiger partial charge >= 0.3 is 0 Å². The lowest BCUT2D eigenvalue weighted by Crippen LogP contribution is -2.38. The summed E-state index contributed by atoms with van der Waals surface area (Å²) in [4.78, 5) is 12.1. The molecule has 0 aliphatic carbocycles. The second-order valence-corrected chi connectivity index (χ2v) is 8.82. The molecule has 1 heterocycles. The molecular formula is C18H20ClN3O6S. The van der Waals surface area contributed by atoms with E-state index in [4.69, 9.17) is 21.1 Å². The molecular weight excluding hydrogens is 422 g/mol. The summed E-state index contributed by atoms with van der Waals surface area (Å²) >= 11 is 5.77. The summed E-state index contributed by atoms with van der Waals surface area (Å²) in [6.07, 6.45) is 0.619. The lowest BCUT2D eigenvalue weighted by atomic mass is 10.00. The number of nitro benzene ring substituents is 1. The first-order valence-electron chi connectivity index (χ1n) is 8.60. The predicted octanol–water partition coefficient (Wildman–Crippen LogP) is 2.92. The molecule has 1 N–H and O–H groups in total. The van der Waals surface area contributed by atoms with E-state index in [0.29, 0.717) is 24.5 Å². The molecule has 1 atom stereocenters. The zero-order valence-corrected chi connectivity index (χ0v) is 17.6. The van der Waals surface area contributed by atoms with Crippen LogP contribution in [0.15, 0.2) is 35.2 Å². The molecule has 0 aromatic heterocycles. The van der Waals surface area contributed by atoms with E-state index in [1.165, 1.54) is 25.3 Å². The van der Waals surface area contributed by atoms with Crippen molar-refractivity contribution < 1.29 is 22.8 Å².